The monoisotopic (exact) mass is 385 g/mol. The fourth-order valence-corrected chi connectivity index (χ4v) is 3.37. The van der Waals surface area contributed by atoms with Gasteiger partial charge in [0.05, 0.1) is 17.9 Å². The van der Waals surface area contributed by atoms with E-state index in [0.29, 0.717) is 10.5 Å². The zero-order valence-electron chi connectivity index (χ0n) is 15.3. The van der Waals surface area contributed by atoms with Crippen molar-refractivity contribution in [3.63, 3.8) is 0 Å². The number of hydrogen-bond acceptors (Lipinski definition) is 3. The van der Waals surface area contributed by atoms with Crippen LogP contribution < -0.4 is 5.32 Å². The Bertz CT molecular complexity index is 981. The van der Waals surface area contributed by atoms with Gasteiger partial charge in [0, 0.05) is 38.8 Å². The van der Waals surface area contributed by atoms with E-state index in [1.807, 2.05) is 13.8 Å². The van der Waals surface area contributed by atoms with Gasteiger partial charge in [0.25, 0.3) is 5.91 Å². The fourth-order valence-electron chi connectivity index (χ4n) is 2.85. The van der Waals surface area contributed by atoms with Gasteiger partial charge in [-0.2, -0.15) is 5.10 Å². The van der Waals surface area contributed by atoms with E-state index in [1.165, 1.54) is 12.1 Å². The molecule has 0 aliphatic heterocycles. The SMILES string of the molecule is Cc1c(C(C)NC(=O)c2ccc(S(C)=O)cc2)cnn1-c1ccc(F)cc1. The minimum absolute atomic E-state index is 0.218. The van der Waals surface area contributed by atoms with Crippen molar-refractivity contribution in [2.75, 3.05) is 6.26 Å². The van der Waals surface area contributed by atoms with Crippen LogP contribution in [0.2, 0.25) is 0 Å². The van der Waals surface area contributed by atoms with Crippen molar-refractivity contribution in [3.8, 4) is 5.69 Å². The third-order valence-corrected chi connectivity index (χ3v) is 5.32. The average Bonchev–Trinajstić information content (AvgIpc) is 3.04. The van der Waals surface area contributed by atoms with Gasteiger partial charge < -0.3 is 5.32 Å². The first kappa shape index (κ1) is 19.0. The number of aromatic nitrogens is 2. The molecule has 1 amide bonds. The molecule has 0 saturated heterocycles. The largest absolute Gasteiger partial charge is 0.345 e. The molecule has 140 valence electrons. The number of nitrogens with one attached hydrogen (secondary N) is 1. The maximum absolute atomic E-state index is 13.1. The van der Waals surface area contributed by atoms with E-state index in [4.69, 9.17) is 0 Å². The minimum Gasteiger partial charge on any atom is -0.345 e. The molecule has 0 saturated carbocycles. The molecule has 1 N–H and O–H groups in total. The first-order valence-electron chi connectivity index (χ1n) is 8.41. The van der Waals surface area contributed by atoms with Crippen molar-refractivity contribution in [1.29, 1.82) is 0 Å². The van der Waals surface area contributed by atoms with E-state index in [0.717, 1.165) is 16.9 Å². The lowest BCUT2D eigenvalue weighted by molar-refractivity contribution is 0.0939. The summed E-state index contributed by atoms with van der Waals surface area (Å²) in [6, 6.07) is 12.5. The van der Waals surface area contributed by atoms with Gasteiger partial charge in [-0.3, -0.25) is 9.00 Å². The van der Waals surface area contributed by atoms with Gasteiger partial charge >= 0.3 is 0 Å². The van der Waals surface area contributed by atoms with Gasteiger partial charge in [0.2, 0.25) is 0 Å². The molecule has 1 aromatic heterocycles. The molecule has 0 aliphatic rings. The van der Waals surface area contributed by atoms with E-state index < -0.39 is 10.8 Å². The summed E-state index contributed by atoms with van der Waals surface area (Å²) in [5, 5.41) is 7.30. The Balaban J connectivity index is 1.76. The molecule has 2 atom stereocenters. The van der Waals surface area contributed by atoms with Gasteiger partial charge in [0.15, 0.2) is 0 Å². The van der Waals surface area contributed by atoms with Crippen LogP contribution in [0.25, 0.3) is 5.69 Å². The highest BCUT2D eigenvalue weighted by molar-refractivity contribution is 7.84. The van der Waals surface area contributed by atoms with Crippen molar-refractivity contribution in [1.82, 2.24) is 15.1 Å². The Kier molecular flexibility index (Phi) is 5.51. The molecule has 7 heteroatoms. The molecule has 0 aliphatic carbocycles. The van der Waals surface area contributed by atoms with Gasteiger partial charge in [0.1, 0.15) is 5.82 Å². The van der Waals surface area contributed by atoms with Crippen molar-refractivity contribution >= 4 is 16.7 Å². The van der Waals surface area contributed by atoms with Gasteiger partial charge in [-0.05, 0) is 62.4 Å². The molecular formula is C20H20FN3O2S. The minimum atomic E-state index is -1.08. The predicted octanol–water partition coefficient (Wildman–Crippen LogP) is 3.55. The maximum Gasteiger partial charge on any atom is 0.251 e. The highest BCUT2D eigenvalue weighted by Crippen LogP contribution is 2.21. The Morgan fingerprint density at radius 2 is 1.78 bits per heavy atom. The van der Waals surface area contributed by atoms with Crippen LogP contribution >= 0.6 is 0 Å². The maximum atomic E-state index is 13.1. The summed E-state index contributed by atoms with van der Waals surface area (Å²) in [5.74, 6) is -0.521. The lowest BCUT2D eigenvalue weighted by Crippen LogP contribution is -2.26. The molecule has 1 heterocycles. The topological polar surface area (TPSA) is 64.0 Å². The van der Waals surface area contributed by atoms with Crippen LogP contribution in [0, 0.1) is 12.7 Å². The average molecular weight is 385 g/mol. The van der Waals surface area contributed by atoms with Crippen LogP contribution in [0.3, 0.4) is 0 Å². The van der Waals surface area contributed by atoms with Crippen molar-refractivity contribution in [2.24, 2.45) is 0 Å². The third kappa shape index (κ3) is 4.14. The van der Waals surface area contributed by atoms with Gasteiger partial charge in [-0.15, -0.1) is 0 Å². The normalized spacial score (nSPS) is 13.2. The number of hydrogen-bond donors (Lipinski definition) is 1. The van der Waals surface area contributed by atoms with Crippen LogP contribution in [0.1, 0.15) is 34.6 Å². The van der Waals surface area contributed by atoms with Crippen molar-refractivity contribution < 1.29 is 13.4 Å². The second-order valence-corrected chi connectivity index (χ2v) is 7.63. The fraction of sp³-hybridized carbons (Fsp3) is 0.200. The van der Waals surface area contributed by atoms with Crippen LogP contribution in [0.5, 0.6) is 0 Å². The first-order chi connectivity index (χ1) is 12.9. The molecule has 27 heavy (non-hydrogen) atoms. The van der Waals surface area contributed by atoms with Crippen LogP contribution in [0.4, 0.5) is 4.39 Å². The Labute approximate surface area is 159 Å². The van der Waals surface area contributed by atoms with E-state index in [-0.39, 0.29) is 17.8 Å². The number of benzene rings is 2. The third-order valence-electron chi connectivity index (χ3n) is 4.38. The number of amides is 1. The zero-order chi connectivity index (χ0) is 19.6. The predicted molar refractivity (Wildman–Crippen MR) is 103 cm³/mol. The lowest BCUT2D eigenvalue weighted by Gasteiger charge is -2.14. The highest BCUT2D eigenvalue weighted by Gasteiger charge is 2.17. The number of carbonyl (C=O) groups is 1. The quantitative estimate of drug-likeness (QED) is 0.731. The molecule has 0 radical (unpaired) electrons. The summed E-state index contributed by atoms with van der Waals surface area (Å²) in [7, 11) is -1.08. The summed E-state index contributed by atoms with van der Waals surface area (Å²) in [5.41, 5.74) is 2.99. The molecular weight excluding hydrogens is 365 g/mol. The van der Waals surface area contributed by atoms with E-state index in [1.54, 1.807) is 53.5 Å². The number of carbonyl (C=O) groups excluding carboxylic acids is 1. The molecule has 0 spiro atoms. The smallest absolute Gasteiger partial charge is 0.251 e. The molecule has 0 fully saturated rings. The summed E-state index contributed by atoms with van der Waals surface area (Å²) in [4.78, 5) is 13.2. The van der Waals surface area contributed by atoms with Gasteiger partial charge in [-0.25, -0.2) is 9.07 Å². The van der Waals surface area contributed by atoms with Crippen LogP contribution in [-0.4, -0.2) is 26.2 Å². The molecule has 0 bridgehead atoms. The van der Waals surface area contributed by atoms with Crippen molar-refractivity contribution in [2.45, 2.75) is 24.8 Å². The summed E-state index contributed by atoms with van der Waals surface area (Å²) in [6.07, 6.45) is 3.30. The Morgan fingerprint density at radius 1 is 1.15 bits per heavy atom. The number of nitrogens with zero attached hydrogens (tertiary/aromatic N) is 2. The summed E-state index contributed by atoms with van der Waals surface area (Å²) >= 11 is 0. The second-order valence-electron chi connectivity index (χ2n) is 6.25. The Hall–Kier alpha value is -2.80. The first-order valence-corrected chi connectivity index (χ1v) is 9.97. The van der Waals surface area contributed by atoms with Crippen LogP contribution in [0.15, 0.2) is 59.6 Å². The Morgan fingerprint density at radius 3 is 2.37 bits per heavy atom. The van der Waals surface area contributed by atoms with Crippen molar-refractivity contribution in [3.05, 3.63) is 77.4 Å². The molecule has 3 aromatic rings. The highest BCUT2D eigenvalue weighted by atomic mass is 32.2. The molecule has 2 aromatic carbocycles. The zero-order valence-corrected chi connectivity index (χ0v) is 16.1. The van der Waals surface area contributed by atoms with E-state index in [9.17, 15) is 13.4 Å². The molecule has 2 unspecified atom stereocenters. The van der Waals surface area contributed by atoms with E-state index in [2.05, 4.69) is 10.4 Å². The standard InChI is InChI=1S/C20H20FN3O2S/c1-13(23-20(25)15-4-10-18(11-5-15)27(3)26)19-12-22-24(14(19)2)17-8-6-16(21)7-9-17/h4-13H,1-3H3,(H,23,25). The lowest BCUT2D eigenvalue weighted by atomic mass is 10.1. The molecule has 3 rings (SSSR count). The molecule has 5 nitrogen and oxygen atoms in total. The second kappa shape index (κ2) is 7.84. The van der Waals surface area contributed by atoms with E-state index >= 15 is 0 Å². The number of halogens is 1. The summed E-state index contributed by atoms with van der Waals surface area (Å²) in [6.45, 7) is 3.78. The van der Waals surface area contributed by atoms with Crippen LogP contribution in [-0.2, 0) is 10.8 Å². The summed E-state index contributed by atoms with van der Waals surface area (Å²) < 4.78 is 26.3. The van der Waals surface area contributed by atoms with Gasteiger partial charge in [-0.1, -0.05) is 0 Å². The number of rotatable bonds is 5.